The van der Waals surface area contributed by atoms with Gasteiger partial charge >= 0.3 is 0 Å². The fraction of sp³-hybridized carbons (Fsp3) is 0.500. The van der Waals surface area contributed by atoms with E-state index in [0.717, 1.165) is 0 Å². The summed E-state index contributed by atoms with van der Waals surface area (Å²) >= 11 is 0. The van der Waals surface area contributed by atoms with E-state index in [2.05, 4.69) is 19.1 Å². The molecule has 0 amide bonds. The lowest BCUT2D eigenvalue weighted by Crippen LogP contribution is -1.72. The molecule has 0 rings (SSSR count). The van der Waals surface area contributed by atoms with E-state index in [0.29, 0.717) is 0 Å². The van der Waals surface area contributed by atoms with Gasteiger partial charge in [0.2, 0.25) is 0 Å². The van der Waals surface area contributed by atoms with Crippen LogP contribution < -0.4 is 0 Å². The van der Waals surface area contributed by atoms with Gasteiger partial charge in [-0.1, -0.05) is 63.1 Å². The summed E-state index contributed by atoms with van der Waals surface area (Å²) in [4.78, 5) is 0. The van der Waals surface area contributed by atoms with Gasteiger partial charge in [-0.3, -0.25) is 0 Å². The maximum absolute atomic E-state index is 5.16. The predicted octanol–water partition coefficient (Wildman–Crippen LogP) is 4.06. The highest BCUT2D eigenvalue weighted by atomic mass is 13.9. The summed E-state index contributed by atoms with van der Waals surface area (Å²) in [5, 5.41) is 0. The van der Waals surface area contributed by atoms with Crippen molar-refractivity contribution in [1.82, 2.24) is 0 Å². The molecule has 0 saturated heterocycles. The third-order valence-corrected chi connectivity index (χ3v) is 1.69. The van der Waals surface area contributed by atoms with Gasteiger partial charge in [-0.05, 0) is 12.8 Å². The molecule has 0 unspecified atom stereocenters. The average molecular weight is 163 g/mol. The third kappa shape index (κ3) is 9.22. The molecular formula is C12H19. The van der Waals surface area contributed by atoms with Crippen LogP contribution in [0.1, 0.15) is 39.0 Å². The Labute approximate surface area is 76.7 Å². The summed E-state index contributed by atoms with van der Waals surface area (Å²) in [6, 6.07) is 0. The molecule has 0 nitrogen and oxygen atoms in total. The minimum absolute atomic E-state index is 1.19. The second kappa shape index (κ2) is 10.2. The quantitative estimate of drug-likeness (QED) is 0.392. The Kier molecular flexibility index (Phi) is 9.56. The molecule has 12 heavy (non-hydrogen) atoms. The van der Waals surface area contributed by atoms with Gasteiger partial charge in [0.05, 0.1) is 0 Å². The molecular weight excluding hydrogens is 144 g/mol. The third-order valence-electron chi connectivity index (χ3n) is 1.69. The van der Waals surface area contributed by atoms with Crippen molar-refractivity contribution >= 4 is 0 Å². The summed E-state index contributed by atoms with van der Waals surface area (Å²) < 4.78 is 0. The van der Waals surface area contributed by atoms with Crippen LogP contribution in [0, 0.1) is 6.58 Å². The molecule has 0 saturated carbocycles. The molecule has 0 aromatic carbocycles. The largest absolute Gasteiger partial charge is 0.0845 e. The lowest BCUT2D eigenvalue weighted by atomic mass is 10.1. The van der Waals surface area contributed by atoms with E-state index in [1.54, 1.807) is 6.08 Å². The highest BCUT2D eigenvalue weighted by Crippen LogP contribution is 2.02. The van der Waals surface area contributed by atoms with Crippen LogP contribution in [0.25, 0.3) is 0 Å². The van der Waals surface area contributed by atoms with Crippen LogP contribution in [0.5, 0.6) is 0 Å². The lowest BCUT2D eigenvalue weighted by Gasteiger charge is -1.92. The zero-order chi connectivity index (χ0) is 9.07. The van der Waals surface area contributed by atoms with Crippen LogP contribution in [-0.4, -0.2) is 0 Å². The molecule has 0 spiro atoms. The van der Waals surface area contributed by atoms with Crippen LogP contribution in [0.4, 0.5) is 0 Å². The Morgan fingerprint density at radius 3 is 2.50 bits per heavy atom. The Hall–Kier alpha value is -0.780. The van der Waals surface area contributed by atoms with Crippen LogP contribution in [-0.2, 0) is 0 Å². The Balaban J connectivity index is 3.13. The number of hydrogen-bond acceptors (Lipinski definition) is 0. The average Bonchev–Trinajstić information content (AvgIpc) is 2.10. The standard InChI is InChI=1S/C12H19/c1-3-5-7-9-11-12-10-8-6-4-2/h1,3,5,7,9,11H,4,6,8,10,12H2,2H3. The Morgan fingerprint density at radius 1 is 1.00 bits per heavy atom. The minimum atomic E-state index is 1.19. The molecule has 67 valence electrons. The smallest absolute Gasteiger partial charge is 0.0348 e. The maximum atomic E-state index is 5.16. The van der Waals surface area contributed by atoms with Gasteiger partial charge in [-0.2, -0.15) is 0 Å². The van der Waals surface area contributed by atoms with Crippen LogP contribution in [0.3, 0.4) is 0 Å². The van der Waals surface area contributed by atoms with Gasteiger partial charge in [0, 0.05) is 0 Å². The number of rotatable bonds is 7. The van der Waals surface area contributed by atoms with E-state index >= 15 is 0 Å². The van der Waals surface area contributed by atoms with E-state index in [1.807, 2.05) is 12.2 Å². The lowest BCUT2D eigenvalue weighted by molar-refractivity contribution is 0.674. The van der Waals surface area contributed by atoms with Gasteiger partial charge < -0.3 is 0 Å². The fourth-order valence-corrected chi connectivity index (χ4v) is 0.992. The van der Waals surface area contributed by atoms with Crippen LogP contribution >= 0.6 is 0 Å². The van der Waals surface area contributed by atoms with Crippen molar-refractivity contribution in [3.8, 4) is 0 Å². The molecule has 1 radical (unpaired) electrons. The maximum Gasteiger partial charge on any atom is -0.0348 e. The first-order valence-corrected chi connectivity index (χ1v) is 4.78. The molecule has 0 atom stereocenters. The SMILES string of the molecule is [CH]=CC=CC=CCCCCCC. The van der Waals surface area contributed by atoms with E-state index in [-0.39, 0.29) is 0 Å². The van der Waals surface area contributed by atoms with Crippen molar-refractivity contribution < 1.29 is 0 Å². The Bertz CT molecular complexity index is 140. The highest BCUT2D eigenvalue weighted by Gasteiger charge is 1.82. The van der Waals surface area contributed by atoms with Crippen molar-refractivity contribution in [3.63, 3.8) is 0 Å². The molecule has 0 aliphatic rings. The van der Waals surface area contributed by atoms with E-state index in [9.17, 15) is 0 Å². The van der Waals surface area contributed by atoms with Gasteiger partial charge in [0.25, 0.3) is 0 Å². The summed E-state index contributed by atoms with van der Waals surface area (Å²) in [5.74, 6) is 0. The van der Waals surface area contributed by atoms with Crippen molar-refractivity contribution in [1.29, 1.82) is 0 Å². The van der Waals surface area contributed by atoms with Crippen molar-refractivity contribution in [2.45, 2.75) is 39.0 Å². The second-order valence-corrected chi connectivity index (χ2v) is 2.85. The topological polar surface area (TPSA) is 0 Å². The normalized spacial score (nSPS) is 11.4. The Morgan fingerprint density at radius 2 is 1.83 bits per heavy atom. The van der Waals surface area contributed by atoms with Gasteiger partial charge in [-0.25, -0.2) is 0 Å². The fourth-order valence-electron chi connectivity index (χ4n) is 0.992. The molecule has 0 aromatic heterocycles. The number of allylic oxidation sites excluding steroid dienone is 5. The van der Waals surface area contributed by atoms with Gasteiger partial charge in [0.15, 0.2) is 0 Å². The molecule has 0 bridgehead atoms. The van der Waals surface area contributed by atoms with Crippen LogP contribution in [0.15, 0.2) is 30.4 Å². The summed E-state index contributed by atoms with van der Waals surface area (Å²) in [6.45, 7) is 7.40. The molecule has 0 aliphatic heterocycles. The first kappa shape index (κ1) is 11.2. The monoisotopic (exact) mass is 163 g/mol. The van der Waals surface area contributed by atoms with E-state index in [4.69, 9.17) is 6.58 Å². The molecule has 0 heteroatoms. The van der Waals surface area contributed by atoms with E-state index in [1.165, 1.54) is 32.1 Å². The van der Waals surface area contributed by atoms with Crippen molar-refractivity contribution in [2.24, 2.45) is 0 Å². The summed E-state index contributed by atoms with van der Waals surface area (Å²) in [6.07, 6.45) is 16.1. The summed E-state index contributed by atoms with van der Waals surface area (Å²) in [5.41, 5.74) is 0. The molecule has 0 aliphatic carbocycles. The zero-order valence-electron chi connectivity index (χ0n) is 8.00. The summed E-state index contributed by atoms with van der Waals surface area (Å²) in [7, 11) is 0. The van der Waals surface area contributed by atoms with Crippen molar-refractivity contribution in [3.05, 3.63) is 37.0 Å². The molecule has 0 fully saturated rings. The molecule has 0 N–H and O–H groups in total. The first-order chi connectivity index (χ1) is 5.91. The first-order valence-electron chi connectivity index (χ1n) is 4.78. The van der Waals surface area contributed by atoms with E-state index < -0.39 is 0 Å². The number of hydrogen-bond donors (Lipinski definition) is 0. The number of unbranched alkanes of at least 4 members (excludes halogenated alkanes) is 4. The highest BCUT2D eigenvalue weighted by molar-refractivity contribution is 5.07. The predicted molar refractivity (Wildman–Crippen MR) is 55.9 cm³/mol. The van der Waals surface area contributed by atoms with Gasteiger partial charge in [0.1, 0.15) is 0 Å². The second-order valence-electron chi connectivity index (χ2n) is 2.85. The van der Waals surface area contributed by atoms with Crippen LogP contribution in [0.2, 0.25) is 0 Å². The minimum Gasteiger partial charge on any atom is -0.0845 e. The molecule has 0 aromatic rings. The van der Waals surface area contributed by atoms with Crippen molar-refractivity contribution in [2.75, 3.05) is 0 Å². The zero-order valence-corrected chi connectivity index (χ0v) is 8.00. The van der Waals surface area contributed by atoms with Gasteiger partial charge in [-0.15, -0.1) is 0 Å². The molecule has 0 heterocycles.